The molecule has 1 aliphatic rings. The molecule has 0 spiro atoms. The molecule has 0 fully saturated rings. The number of ether oxygens (including phenoxy) is 1. The van der Waals surface area contributed by atoms with E-state index in [4.69, 9.17) is 22.1 Å². The number of thiophene rings is 1. The van der Waals surface area contributed by atoms with Crippen LogP contribution in [0.3, 0.4) is 0 Å². The zero-order valence-electron chi connectivity index (χ0n) is 14.6. The number of aromatic nitrogens is 1. The van der Waals surface area contributed by atoms with Crippen molar-refractivity contribution in [2.45, 2.75) is 26.2 Å². The van der Waals surface area contributed by atoms with Gasteiger partial charge in [-0.2, -0.15) is 0 Å². The molecule has 2 amide bonds. The SMILES string of the molecule is C[C@@H]1CCc2c(sc(NC(=O)COC(=O)c3cccnc3Cl)c2C(N)=O)C1. The van der Waals surface area contributed by atoms with E-state index in [0.717, 1.165) is 29.7 Å². The Hall–Kier alpha value is -2.45. The van der Waals surface area contributed by atoms with Gasteiger partial charge in [-0.05, 0) is 42.9 Å². The first kappa shape index (κ1) is 19.3. The number of esters is 1. The van der Waals surface area contributed by atoms with Gasteiger partial charge in [0.15, 0.2) is 6.61 Å². The summed E-state index contributed by atoms with van der Waals surface area (Å²) < 4.78 is 4.98. The van der Waals surface area contributed by atoms with E-state index in [2.05, 4.69) is 17.2 Å². The maximum atomic E-state index is 12.2. The maximum absolute atomic E-state index is 12.2. The number of nitrogens with one attached hydrogen (secondary N) is 1. The molecule has 2 aromatic rings. The van der Waals surface area contributed by atoms with E-state index in [0.29, 0.717) is 16.5 Å². The summed E-state index contributed by atoms with van der Waals surface area (Å²) in [4.78, 5) is 40.9. The van der Waals surface area contributed by atoms with E-state index in [-0.39, 0.29) is 10.7 Å². The van der Waals surface area contributed by atoms with Crippen molar-refractivity contribution in [2.75, 3.05) is 11.9 Å². The smallest absolute Gasteiger partial charge is 0.341 e. The molecule has 27 heavy (non-hydrogen) atoms. The van der Waals surface area contributed by atoms with Gasteiger partial charge in [-0.15, -0.1) is 11.3 Å². The zero-order valence-corrected chi connectivity index (χ0v) is 16.2. The molecule has 3 rings (SSSR count). The average molecular weight is 408 g/mol. The molecule has 1 atom stereocenters. The van der Waals surface area contributed by atoms with Gasteiger partial charge in [0.25, 0.3) is 11.8 Å². The van der Waals surface area contributed by atoms with Gasteiger partial charge in [0.2, 0.25) is 0 Å². The largest absolute Gasteiger partial charge is 0.452 e. The van der Waals surface area contributed by atoms with Gasteiger partial charge >= 0.3 is 5.97 Å². The Bertz CT molecular complexity index is 912. The highest BCUT2D eigenvalue weighted by molar-refractivity contribution is 7.17. The molecule has 9 heteroatoms. The first-order chi connectivity index (χ1) is 12.9. The van der Waals surface area contributed by atoms with Crippen molar-refractivity contribution < 1.29 is 19.1 Å². The van der Waals surface area contributed by atoms with Crippen LogP contribution in [0.2, 0.25) is 5.15 Å². The van der Waals surface area contributed by atoms with E-state index in [1.807, 2.05) is 0 Å². The average Bonchev–Trinajstić information content (AvgIpc) is 2.97. The Kier molecular flexibility index (Phi) is 5.76. The van der Waals surface area contributed by atoms with Gasteiger partial charge in [0.1, 0.15) is 10.2 Å². The lowest BCUT2D eigenvalue weighted by molar-refractivity contribution is -0.119. The molecule has 0 bridgehead atoms. The van der Waals surface area contributed by atoms with Crippen LogP contribution in [0.4, 0.5) is 5.00 Å². The number of amides is 2. The van der Waals surface area contributed by atoms with Crippen LogP contribution in [0, 0.1) is 5.92 Å². The van der Waals surface area contributed by atoms with Crippen LogP contribution in [0.25, 0.3) is 0 Å². The summed E-state index contributed by atoms with van der Waals surface area (Å²) in [7, 11) is 0. The van der Waals surface area contributed by atoms with Crippen molar-refractivity contribution in [3.8, 4) is 0 Å². The number of carbonyl (C=O) groups is 3. The number of fused-ring (bicyclic) bond motifs is 1. The molecule has 142 valence electrons. The van der Waals surface area contributed by atoms with Crippen molar-refractivity contribution in [1.29, 1.82) is 0 Å². The lowest BCUT2D eigenvalue weighted by Crippen LogP contribution is -2.23. The second kappa shape index (κ2) is 8.06. The van der Waals surface area contributed by atoms with Gasteiger partial charge in [0.05, 0.1) is 11.1 Å². The van der Waals surface area contributed by atoms with E-state index in [9.17, 15) is 14.4 Å². The molecule has 3 N–H and O–H groups in total. The number of hydrogen-bond donors (Lipinski definition) is 2. The summed E-state index contributed by atoms with van der Waals surface area (Å²) in [5, 5.41) is 3.04. The van der Waals surface area contributed by atoms with Crippen LogP contribution >= 0.6 is 22.9 Å². The van der Waals surface area contributed by atoms with E-state index in [1.54, 1.807) is 6.07 Å². The maximum Gasteiger partial charge on any atom is 0.341 e. The normalized spacial score (nSPS) is 15.7. The molecular weight excluding hydrogens is 390 g/mol. The first-order valence-corrected chi connectivity index (χ1v) is 9.58. The third kappa shape index (κ3) is 4.28. The summed E-state index contributed by atoms with van der Waals surface area (Å²) in [5.74, 6) is -1.36. The molecule has 0 saturated carbocycles. The van der Waals surface area contributed by atoms with E-state index >= 15 is 0 Å². The quantitative estimate of drug-likeness (QED) is 0.584. The second-order valence-corrected chi connectivity index (χ2v) is 7.85. The second-order valence-electron chi connectivity index (χ2n) is 6.39. The molecule has 7 nitrogen and oxygen atoms in total. The monoisotopic (exact) mass is 407 g/mol. The van der Waals surface area contributed by atoms with Gasteiger partial charge in [0, 0.05) is 11.1 Å². The van der Waals surface area contributed by atoms with Gasteiger partial charge in [-0.25, -0.2) is 9.78 Å². The standard InChI is InChI=1S/C18H18ClN3O4S/c1-9-4-5-10-12(7-9)27-17(14(10)16(20)24)22-13(23)8-26-18(25)11-3-2-6-21-15(11)19/h2-3,6,9H,4-5,7-8H2,1H3,(H2,20,24)(H,22,23)/t9-/m1/s1. The number of carbonyl (C=O) groups excluding carboxylic acids is 3. The van der Waals surface area contributed by atoms with Crippen LogP contribution in [0.15, 0.2) is 18.3 Å². The summed E-state index contributed by atoms with van der Waals surface area (Å²) in [5.41, 5.74) is 6.87. The van der Waals surface area contributed by atoms with Gasteiger partial charge in [-0.3, -0.25) is 9.59 Å². The minimum absolute atomic E-state index is 0.000949. The Morgan fingerprint density at radius 3 is 2.93 bits per heavy atom. The Balaban J connectivity index is 1.68. The molecule has 0 radical (unpaired) electrons. The molecule has 0 aliphatic heterocycles. The van der Waals surface area contributed by atoms with Crippen molar-refractivity contribution in [2.24, 2.45) is 11.7 Å². The number of halogens is 1. The summed E-state index contributed by atoms with van der Waals surface area (Å²) in [6.07, 6.45) is 4.03. The van der Waals surface area contributed by atoms with Crippen molar-refractivity contribution in [1.82, 2.24) is 4.98 Å². The first-order valence-electron chi connectivity index (χ1n) is 8.38. The minimum Gasteiger partial charge on any atom is -0.452 e. The molecule has 0 saturated heterocycles. The van der Waals surface area contributed by atoms with Crippen molar-refractivity contribution >= 4 is 45.7 Å². The molecular formula is C18H18ClN3O4S. The number of anilines is 1. The summed E-state index contributed by atoms with van der Waals surface area (Å²) in [6, 6.07) is 2.99. The number of hydrogen-bond acceptors (Lipinski definition) is 6. The van der Waals surface area contributed by atoms with Crippen LogP contribution in [-0.4, -0.2) is 29.4 Å². The van der Waals surface area contributed by atoms with Crippen LogP contribution < -0.4 is 11.1 Å². The lowest BCUT2D eigenvalue weighted by atomic mass is 9.88. The number of nitrogens with two attached hydrogens (primary N) is 1. The number of rotatable bonds is 5. The summed E-state index contributed by atoms with van der Waals surface area (Å²) in [6.45, 7) is 1.63. The number of pyridine rings is 1. The molecule has 2 heterocycles. The molecule has 2 aromatic heterocycles. The van der Waals surface area contributed by atoms with Gasteiger partial charge in [-0.1, -0.05) is 18.5 Å². The Morgan fingerprint density at radius 2 is 2.22 bits per heavy atom. The number of nitrogens with zero attached hydrogens (tertiary/aromatic N) is 1. The predicted octanol–water partition coefficient (Wildman–Crippen LogP) is 2.82. The fraction of sp³-hybridized carbons (Fsp3) is 0.333. The summed E-state index contributed by atoms with van der Waals surface area (Å²) >= 11 is 7.18. The highest BCUT2D eigenvalue weighted by atomic mass is 35.5. The molecule has 0 aromatic carbocycles. The third-order valence-electron chi connectivity index (χ3n) is 4.32. The third-order valence-corrected chi connectivity index (χ3v) is 5.80. The predicted molar refractivity (Wildman–Crippen MR) is 102 cm³/mol. The Labute approximate surface area is 164 Å². The fourth-order valence-corrected chi connectivity index (χ4v) is 4.64. The van der Waals surface area contributed by atoms with Crippen molar-refractivity contribution in [3.05, 3.63) is 45.1 Å². The highest BCUT2D eigenvalue weighted by Crippen LogP contribution is 2.39. The zero-order chi connectivity index (χ0) is 19.6. The van der Waals surface area contributed by atoms with Crippen molar-refractivity contribution in [3.63, 3.8) is 0 Å². The van der Waals surface area contributed by atoms with E-state index < -0.39 is 24.4 Å². The fourth-order valence-electron chi connectivity index (χ4n) is 3.01. The topological polar surface area (TPSA) is 111 Å². The highest BCUT2D eigenvalue weighted by Gasteiger charge is 2.27. The molecule has 0 unspecified atom stereocenters. The Morgan fingerprint density at radius 1 is 1.44 bits per heavy atom. The number of primary amides is 1. The lowest BCUT2D eigenvalue weighted by Gasteiger charge is -2.18. The van der Waals surface area contributed by atoms with Crippen LogP contribution in [0.5, 0.6) is 0 Å². The molecule has 1 aliphatic carbocycles. The minimum atomic E-state index is -0.752. The van der Waals surface area contributed by atoms with E-state index in [1.165, 1.54) is 23.6 Å². The van der Waals surface area contributed by atoms with Gasteiger partial charge < -0.3 is 15.8 Å². The van der Waals surface area contributed by atoms with Crippen LogP contribution in [-0.2, 0) is 22.4 Å². The van der Waals surface area contributed by atoms with Crippen LogP contribution in [0.1, 0.15) is 44.5 Å².